The summed E-state index contributed by atoms with van der Waals surface area (Å²) >= 11 is 0. The summed E-state index contributed by atoms with van der Waals surface area (Å²) in [6, 6.07) is 8.33. The van der Waals surface area contributed by atoms with Gasteiger partial charge in [-0.25, -0.2) is 0 Å². The summed E-state index contributed by atoms with van der Waals surface area (Å²) < 4.78 is 6.18. The highest BCUT2D eigenvalue weighted by Gasteiger charge is 2.21. The van der Waals surface area contributed by atoms with Crippen LogP contribution >= 0.6 is 0 Å². The number of ether oxygens (including phenoxy) is 1. The van der Waals surface area contributed by atoms with Crippen LogP contribution in [0.25, 0.3) is 0 Å². The quantitative estimate of drug-likeness (QED) is 0.627. The van der Waals surface area contributed by atoms with Crippen molar-refractivity contribution in [2.45, 2.75) is 51.2 Å². The summed E-state index contributed by atoms with van der Waals surface area (Å²) in [5.74, 6) is 2.73. The van der Waals surface area contributed by atoms with Crippen LogP contribution in [0.4, 0.5) is 0 Å². The second-order valence-electron chi connectivity index (χ2n) is 6.38. The minimum Gasteiger partial charge on any atom is -0.490 e. The Balaban J connectivity index is 1.53. The van der Waals surface area contributed by atoms with Crippen LogP contribution in [-0.4, -0.2) is 25.7 Å². The third-order valence-corrected chi connectivity index (χ3v) is 4.49. The predicted molar refractivity (Wildman–Crippen MR) is 90.3 cm³/mol. The Morgan fingerprint density at radius 3 is 2.64 bits per heavy atom. The van der Waals surface area contributed by atoms with Crippen LogP contribution in [0.3, 0.4) is 0 Å². The molecular weight excluding hydrogens is 274 g/mol. The Labute approximate surface area is 133 Å². The van der Waals surface area contributed by atoms with Crippen LogP contribution in [0.1, 0.15) is 44.1 Å². The van der Waals surface area contributed by atoms with E-state index in [0.717, 1.165) is 30.7 Å². The Bertz CT molecular complexity index is 505. The molecule has 0 bridgehead atoms. The topological polar surface area (TPSA) is 45.7 Å². The molecule has 1 aromatic rings. The van der Waals surface area contributed by atoms with Crippen LogP contribution in [-0.2, 0) is 6.54 Å². The minimum absolute atomic E-state index is 0.397. The normalized spacial score (nSPS) is 19.2. The molecule has 2 N–H and O–H groups in total. The van der Waals surface area contributed by atoms with Gasteiger partial charge in [0.05, 0.1) is 6.10 Å². The zero-order valence-electron chi connectivity index (χ0n) is 13.5. The van der Waals surface area contributed by atoms with Gasteiger partial charge in [-0.05, 0) is 50.5 Å². The molecule has 3 rings (SSSR count). The number of guanidine groups is 1. The number of hydrogen-bond acceptors (Lipinski definition) is 2. The van der Waals surface area contributed by atoms with Crippen molar-refractivity contribution in [2.24, 2.45) is 10.9 Å². The average molecular weight is 301 g/mol. The van der Waals surface area contributed by atoms with Gasteiger partial charge in [0.25, 0.3) is 0 Å². The molecule has 0 radical (unpaired) electrons. The van der Waals surface area contributed by atoms with Crippen LogP contribution in [0, 0.1) is 5.92 Å². The molecule has 2 aliphatic carbocycles. The van der Waals surface area contributed by atoms with Crippen molar-refractivity contribution < 1.29 is 4.74 Å². The third-order valence-electron chi connectivity index (χ3n) is 4.49. The first-order valence-corrected chi connectivity index (χ1v) is 8.54. The molecule has 0 amide bonds. The number of aliphatic imine (C=N–C) groups is 1. The minimum atomic E-state index is 0.397. The van der Waals surface area contributed by atoms with Gasteiger partial charge in [0.2, 0.25) is 0 Å². The smallest absolute Gasteiger partial charge is 0.191 e. The fourth-order valence-corrected chi connectivity index (χ4v) is 2.91. The van der Waals surface area contributed by atoms with E-state index in [1.54, 1.807) is 0 Å². The summed E-state index contributed by atoms with van der Waals surface area (Å²) in [5, 5.41) is 6.79. The average Bonchev–Trinajstić information content (AvgIpc) is 3.24. The van der Waals surface area contributed by atoms with Gasteiger partial charge in [-0.3, -0.25) is 4.99 Å². The lowest BCUT2D eigenvalue weighted by Crippen LogP contribution is -2.37. The number of rotatable bonds is 6. The largest absolute Gasteiger partial charge is 0.490 e. The standard InChI is InChI=1S/C18H27N3O/c1-19-18(20-12-14-10-11-14)21-13-15-6-2-5-9-17(15)22-16-7-3-4-8-16/h2,5-6,9,14,16H,3-4,7-8,10-13H2,1H3,(H2,19,20,21). The monoisotopic (exact) mass is 301 g/mol. The Morgan fingerprint density at radius 2 is 1.91 bits per heavy atom. The molecule has 22 heavy (non-hydrogen) atoms. The van der Waals surface area contributed by atoms with Gasteiger partial charge >= 0.3 is 0 Å². The molecule has 4 heteroatoms. The molecule has 2 fully saturated rings. The zero-order chi connectivity index (χ0) is 15.2. The number of benzene rings is 1. The third kappa shape index (κ3) is 4.39. The second kappa shape index (κ2) is 7.52. The van der Waals surface area contributed by atoms with E-state index in [4.69, 9.17) is 4.74 Å². The van der Waals surface area contributed by atoms with Crippen LogP contribution in [0.15, 0.2) is 29.3 Å². The fourth-order valence-electron chi connectivity index (χ4n) is 2.91. The lowest BCUT2D eigenvalue weighted by atomic mass is 10.2. The molecular formula is C18H27N3O. The van der Waals surface area contributed by atoms with Gasteiger partial charge in [0.1, 0.15) is 5.75 Å². The summed E-state index contributed by atoms with van der Waals surface area (Å²) in [5.41, 5.74) is 1.20. The molecule has 120 valence electrons. The maximum Gasteiger partial charge on any atom is 0.191 e. The van der Waals surface area contributed by atoms with Crippen LogP contribution in [0.5, 0.6) is 5.75 Å². The zero-order valence-corrected chi connectivity index (χ0v) is 13.5. The first-order chi connectivity index (χ1) is 10.8. The highest BCUT2D eigenvalue weighted by Crippen LogP contribution is 2.28. The molecule has 2 aliphatic rings. The van der Waals surface area contributed by atoms with E-state index in [9.17, 15) is 0 Å². The number of nitrogens with zero attached hydrogens (tertiary/aromatic N) is 1. The predicted octanol–water partition coefficient (Wildman–Crippen LogP) is 3.08. The highest BCUT2D eigenvalue weighted by atomic mass is 16.5. The van der Waals surface area contributed by atoms with E-state index in [1.165, 1.54) is 44.1 Å². The molecule has 4 nitrogen and oxygen atoms in total. The van der Waals surface area contributed by atoms with Crippen molar-refractivity contribution in [3.63, 3.8) is 0 Å². The molecule has 2 saturated carbocycles. The van der Waals surface area contributed by atoms with Crippen molar-refractivity contribution in [2.75, 3.05) is 13.6 Å². The van der Waals surface area contributed by atoms with Crippen molar-refractivity contribution in [1.82, 2.24) is 10.6 Å². The van der Waals surface area contributed by atoms with E-state index in [2.05, 4.69) is 33.8 Å². The maximum atomic E-state index is 6.18. The number of para-hydroxylation sites is 1. The molecule has 1 aromatic carbocycles. The van der Waals surface area contributed by atoms with Gasteiger partial charge < -0.3 is 15.4 Å². The first-order valence-electron chi connectivity index (χ1n) is 8.54. The SMILES string of the molecule is CN=C(NCc1ccccc1OC1CCCC1)NCC1CC1. The van der Waals surface area contributed by atoms with E-state index in [1.807, 2.05) is 13.1 Å². The number of nitrogens with one attached hydrogen (secondary N) is 2. The van der Waals surface area contributed by atoms with Crippen LogP contribution < -0.4 is 15.4 Å². The highest BCUT2D eigenvalue weighted by molar-refractivity contribution is 5.79. The Morgan fingerprint density at radius 1 is 1.14 bits per heavy atom. The Hall–Kier alpha value is -1.71. The summed E-state index contributed by atoms with van der Waals surface area (Å²) in [6.45, 7) is 1.77. The van der Waals surface area contributed by atoms with Crippen molar-refractivity contribution in [3.8, 4) is 5.75 Å². The van der Waals surface area contributed by atoms with Gasteiger partial charge in [0, 0.05) is 25.7 Å². The summed E-state index contributed by atoms with van der Waals surface area (Å²) in [7, 11) is 1.82. The molecule has 0 aromatic heterocycles. The van der Waals surface area contributed by atoms with Crippen LogP contribution in [0.2, 0.25) is 0 Å². The fraction of sp³-hybridized carbons (Fsp3) is 0.611. The molecule has 0 spiro atoms. The van der Waals surface area contributed by atoms with Gasteiger partial charge in [-0.2, -0.15) is 0 Å². The Kier molecular flexibility index (Phi) is 5.20. The summed E-state index contributed by atoms with van der Waals surface area (Å²) in [4.78, 5) is 4.29. The lowest BCUT2D eigenvalue weighted by Gasteiger charge is -2.18. The molecule has 0 atom stereocenters. The second-order valence-corrected chi connectivity index (χ2v) is 6.38. The molecule has 0 aliphatic heterocycles. The van der Waals surface area contributed by atoms with Crippen molar-refractivity contribution in [1.29, 1.82) is 0 Å². The van der Waals surface area contributed by atoms with Crippen molar-refractivity contribution in [3.05, 3.63) is 29.8 Å². The van der Waals surface area contributed by atoms with Gasteiger partial charge in [0.15, 0.2) is 5.96 Å². The van der Waals surface area contributed by atoms with E-state index >= 15 is 0 Å². The summed E-state index contributed by atoms with van der Waals surface area (Å²) in [6.07, 6.45) is 8.06. The van der Waals surface area contributed by atoms with Gasteiger partial charge in [-0.1, -0.05) is 18.2 Å². The van der Waals surface area contributed by atoms with Gasteiger partial charge in [-0.15, -0.1) is 0 Å². The molecule has 0 unspecified atom stereocenters. The van der Waals surface area contributed by atoms with E-state index in [-0.39, 0.29) is 0 Å². The lowest BCUT2D eigenvalue weighted by molar-refractivity contribution is 0.208. The van der Waals surface area contributed by atoms with Crippen molar-refractivity contribution >= 4 is 5.96 Å². The molecule has 0 saturated heterocycles. The molecule has 0 heterocycles. The first kappa shape index (κ1) is 15.2. The number of hydrogen-bond donors (Lipinski definition) is 2. The van der Waals surface area contributed by atoms with E-state index in [0.29, 0.717) is 6.10 Å². The maximum absolute atomic E-state index is 6.18. The van der Waals surface area contributed by atoms with E-state index < -0.39 is 0 Å².